The number of carboxylic acid groups (broad SMARTS) is 1. The third-order valence-electron chi connectivity index (χ3n) is 10.0. The van der Waals surface area contributed by atoms with Crippen LogP contribution in [-0.2, 0) is 11.0 Å². The number of rotatable bonds is 6. The van der Waals surface area contributed by atoms with Gasteiger partial charge < -0.3 is 9.84 Å². The predicted octanol–water partition coefficient (Wildman–Crippen LogP) is 7.59. The van der Waals surface area contributed by atoms with Crippen molar-refractivity contribution in [2.75, 3.05) is 0 Å². The van der Waals surface area contributed by atoms with E-state index in [9.17, 15) is 23.1 Å². The van der Waals surface area contributed by atoms with Crippen LogP contribution in [0.5, 0.6) is 5.75 Å². The van der Waals surface area contributed by atoms with Crippen molar-refractivity contribution in [2.45, 2.75) is 102 Å². The number of benzene rings is 2. The SMILES string of the molecule is CCC1CCC(Oc2ccc3ccc([C@@H](C)N4C5CC(C(=O)O)CC46CC6C5)cc3c2C(F)(F)F)CC1. The van der Waals surface area contributed by atoms with E-state index in [0.717, 1.165) is 50.5 Å². The van der Waals surface area contributed by atoms with E-state index in [1.54, 1.807) is 18.2 Å². The highest BCUT2D eigenvalue weighted by Crippen LogP contribution is 2.67. The van der Waals surface area contributed by atoms with Gasteiger partial charge in [0.05, 0.1) is 12.0 Å². The summed E-state index contributed by atoms with van der Waals surface area (Å²) in [5, 5.41) is 10.4. The van der Waals surface area contributed by atoms with Crippen molar-refractivity contribution < 1.29 is 27.8 Å². The number of hydrogen-bond acceptors (Lipinski definition) is 3. The van der Waals surface area contributed by atoms with E-state index in [4.69, 9.17) is 4.74 Å². The maximum absolute atomic E-state index is 14.5. The molecule has 2 aliphatic heterocycles. The number of hydrogen-bond donors (Lipinski definition) is 1. The van der Waals surface area contributed by atoms with Crippen molar-refractivity contribution in [1.29, 1.82) is 0 Å². The number of ether oxygens (including phenoxy) is 1. The summed E-state index contributed by atoms with van der Waals surface area (Å²) in [6.07, 6.45) is 3.24. The summed E-state index contributed by atoms with van der Waals surface area (Å²) in [4.78, 5) is 14.2. The first kappa shape index (κ1) is 25.0. The smallest absolute Gasteiger partial charge is 0.420 e. The minimum absolute atomic E-state index is 0.0621. The van der Waals surface area contributed by atoms with Crippen molar-refractivity contribution in [1.82, 2.24) is 4.90 Å². The van der Waals surface area contributed by atoms with Crippen molar-refractivity contribution in [2.24, 2.45) is 17.8 Å². The Morgan fingerprint density at radius 2 is 1.86 bits per heavy atom. The van der Waals surface area contributed by atoms with Crippen LogP contribution in [-0.4, -0.2) is 33.7 Å². The van der Waals surface area contributed by atoms with E-state index < -0.39 is 17.7 Å². The second-order valence-electron chi connectivity index (χ2n) is 12.0. The molecule has 1 spiro atoms. The third kappa shape index (κ3) is 4.21. The number of carbonyl (C=O) groups is 1. The van der Waals surface area contributed by atoms with Gasteiger partial charge in [-0.2, -0.15) is 13.2 Å². The van der Waals surface area contributed by atoms with Crippen LogP contribution >= 0.6 is 0 Å². The Balaban J connectivity index is 1.32. The number of alkyl halides is 3. The van der Waals surface area contributed by atoms with Gasteiger partial charge in [0, 0.05) is 17.6 Å². The second-order valence-corrected chi connectivity index (χ2v) is 12.0. The Labute approximate surface area is 216 Å². The van der Waals surface area contributed by atoms with Gasteiger partial charge in [0.15, 0.2) is 0 Å². The fraction of sp³-hybridized carbons (Fsp3) is 0.633. The fourth-order valence-electron chi connectivity index (χ4n) is 8.05. The van der Waals surface area contributed by atoms with E-state index in [-0.39, 0.29) is 40.8 Å². The van der Waals surface area contributed by atoms with E-state index in [0.29, 0.717) is 30.1 Å². The first-order chi connectivity index (χ1) is 17.6. The normalized spacial score (nSPS) is 34.2. The van der Waals surface area contributed by atoms with Crippen LogP contribution in [0.2, 0.25) is 0 Å². The van der Waals surface area contributed by atoms with Gasteiger partial charge in [0.2, 0.25) is 0 Å². The lowest BCUT2D eigenvalue weighted by Gasteiger charge is -2.45. The van der Waals surface area contributed by atoms with Crippen LogP contribution in [0.15, 0.2) is 30.3 Å². The first-order valence-corrected chi connectivity index (χ1v) is 13.9. The molecule has 0 aromatic heterocycles. The highest BCUT2D eigenvalue weighted by atomic mass is 19.4. The van der Waals surface area contributed by atoms with Gasteiger partial charge in [-0.25, -0.2) is 0 Å². The number of aliphatic carboxylic acids is 1. The Morgan fingerprint density at radius 1 is 1.14 bits per heavy atom. The monoisotopic (exact) mass is 515 g/mol. The molecule has 0 radical (unpaired) electrons. The molecule has 2 aromatic carbocycles. The number of carboxylic acids is 1. The van der Waals surface area contributed by atoms with E-state index in [1.165, 1.54) is 6.07 Å². The molecule has 2 saturated heterocycles. The van der Waals surface area contributed by atoms with Crippen LogP contribution in [0.4, 0.5) is 13.2 Å². The Kier molecular flexibility index (Phi) is 6.01. The van der Waals surface area contributed by atoms with Crippen molar-refractivity contribution in [3.05, 3.63) is 41.5 Å². The highest BCUT2D eigenvalue weighted by molar-refractivity contribution is 5.89. The lowest BCUT2D eigenvalue weighted by molar-refractivity contribution is -0.145. The van der Waals surface area contributed by atoms with Gasteiger partial charge in [-0.1, -0.05) is 31.5 Å². The highest BCUT2D eigenvalue weighted by Gasteiger charge is 2.69. The number of piperidine rings is 2. The molecule has 37 heavy (non-hydrogen) atoms. The summed E-state index contributed by atoms with van der Waals surface area (Å²) < 4.78 is 49.6. The zero-order chi connectivity index (χ0) is 26.1. The van der Waals surface area contributed by atoms with Gasteiger partial charge in [0.25, 0.3) is 0 Å². The molecule has 4 nitrogen and oxygen atoms in total. The number of fused-ring (bicyclic) bond motifs is 2. The lowest BCUT2D eigenvalue weighted by atomic mass is 9.85. The fourth-order valence-corrected chi connectivity index (χ4v) is 8.05. The topological polar surface area (TPSA) is 49.8 Å². The van der Waals surface area contributed by atoms with Crippen LogP contribution in [0.3, 0.4) is 0 Å². The molecule has 2 bridgehead atoms. The maximum Gasteiger partial charge on any atom is 0.420 e. The minimum atomic E-state index is -4.53. The second kappa shape index (κ2) is 8.89. The summed E-state index contributed by atoms with van der Waals surface area (Å²) >= 11 is 0. The summed E-state index contributed by atoms with van der Waals surface area (Å²) in [5.41, 5.74) is 0.0751. The summed E-state index contributed by atoms with van der Waals surface area (Å²) in [5.74, 6) is 0.0529. The molecule has 2 aromatic rings. The van der Waals surface area contributed by atoms with Crippen molar-refractivity contribution in [3.8, 4) is 5.75 Å². The number of nitrogens with zero attached hydrogens (tertiary/aromatic N) is 1. The van der Waals surface area contributed by atoms with Crippen LogP contribution in [0, 0.1) is 17.8 Å². The van der Waals surface area contributed by atoms with Crippen LogP contribution < -0.4 is 4.74 Å². The van der Waals surface area contributed by atoms with E-state index in [2.05, 4.69) is 18.7 Å². The summed E-state index contributed by atoms with van der Waals surface area (Å²) in [6.45, 7) is 4.23. The standard InChI is InChI=1S/C30H36F3NO3/c1-3-18-4-9-24(10-5-18)37-26-11-8-19-6-7-20(13-25(19)27(26)30(31,32)33)17(2)34-23-12-21(28(35)36)15-29(34)16-22(29)14-23/h6-8,11,13,17-18,21-24H,3-5,9-10,12,14-16H2,1-2H3,(H,35,36)/t17-,18?,21?,22?,23?,24?,29?/m1/s1. The summed E-state index contributed by atoms with van der Waals surface area (Å²) in [7, 11) is 0. The molecule has 0 amide bonds. The van der Waals surface area contributed by atoms with Gasteiger partial charge in [0.1, 0.15) is 11.3 Å². The van der Waals surface area contributed by atoms with Crippen LogP contribution in [0.25, 0.3) is 10.8 Å². The predicted molar refractivity (Wildman–Crippen MR) is 135 cm³/mol. The molecule has 200 valence electrons. The zero-order valence-electron chi connectivity index (χ0n) is 21.6. The third-order valence-corrected chi connectivity index (χ3v) is 10.0. The molecule has 4 unspecified atom stereocenters. The van der Waals surface area contributed by atoms with E-state index in [1.807, 2.05) is 6.07 Å². The maximum atomic E-state index is 14.5. The quantitative estimate of drug-likeness (QED) is 0.431. The average molecular weight is 516 g/mol. The molecular weight excluding hydrogens is 479 g/mol. The largest absolute Gasteiger partial charge is 0.490 e. The molecule has 4 fully saturated rings. The molecule has 6 rings (SSSR count). The van der Waals surface area contributed by atoms with Crippen molar-refractivity contribution in [3.63, 3.8) is 0 Å². The van der Waals surface area contributed by atoms with Crippen LogP contribution in [0.1, 0.15) is 88.8 Å². The molecule has 1 N–H and O–H groups in total. The summed E-state index contributed by atoms with van der Waals surface area (Å²) in [6, 6.07) is 8.77. The molecule has 2 heterocycles. The average Bonchev–Trinajstić information content (AvgIpc) is 3.48. The molecular formula is C30H36F3NO3. The van der Waals surface area contributed by atoms with Gasteiger partial charge >= 0.3 is 12.1 Å². The molecule has 2 saturated carbocycles. The van der Waals surface area contributed by atoms with Gasteiger partial charge in [-0.15, -0.1) is 0 Å². The Bertz CT molecular complexity index is 1200. The minimum Gasteiger partial charge on any atom is -0.490 e. The zero-order valence-corrected chi connectivity index (χ0v) is 21.6. The first-order valence-electron chi connectivity index (χ1n) is 13.9. The molecule has 4 aliphatic rings. The number of halogens is 3. The molecule has 2 aliphatic carbocycles. The Hall–Kier alpha value is -2.28. The lowest BCUT2D eigenvalue weighted by Crippen LogP contribution is -2.49. The van der Waals surface area contributed by atoms with Gasteiger partial charge in [-0.05, 0) is 98.6 Å². The van der Waals surface area contributed by atoms with Crippen molar-refractivity contribution >= 4 is 16.7 Å². The molecule has 5 atom stereocenters. The van der Waals surface area contributed by atoms with E-state index >= 15 is 0 Å². The van der Waals surface area contributed by atoms with Gasteiger partial charge in [-0.3, -0.25) is 9.69 Å². The Morgan fingerprint density at radius 3 is 2.51 bits per heavy atom. The molecule has 7 heteroatoms.